The number of carbonyl (C=O) groups is 1. The number of halogens is 1. The molecule has 0 spiro atoms. The van der Waals surface area contributed by atoms with Gasteiger partial charge in [0, 0.05) is 29.8 Å². The maximum atomic E-state index is 12.4. The van der Waals surface area contributed by atoms with E-state index in [-0.39, 0.29) is 11.9 Å². The largest absolute Gasteiger partial charge is 0.347 e. The zero-order valence-electron chi connectivity index (χ0n) is 11.7. The van der Waals surface area contributed by atoms with Crippen LogP contribution < -0.4 is 5.32 Å². The van der Waals surface area contributed by atoms with Crippen molar-refractivity contribution in [3.05, 3.63) is 22.4 Å². The molecule has 19 heavy (non-hydrogen) atoms. The second-order valence-corrected chi connectivity index (χ2v) is 6.23. The van der Waals surface area contributed by atoms with Crippen LogP contribution in [0.25, 0.3) is 0 Å². The third-order valence-electron chi connectivity index (χ3n) is 3.52. The fraction of sp³-hybridized carbons (Fsp3) is 0.643. The van der Waals surface area contributed by atoms with Crippen LogP contribution in [0.4, 0.5) is 0 Å². The molecule has 4 nitrogen and oxygen atoms in total. The van der Waals surface area contributed by atoms with Crippen LogP contribution >= 0.6 is 15.9 Å². The molecule has 0 radical (unpaired) electrons. The normalized spacial score (nSPS) is 20.5. The standard InChI is InChI=1S/C14H22BrN3O/c1-3-6-18-9-11(15)8-13(18)14(19)16-12-5-4-7-17(2)10-12/h8-9,12H,3-7,10H2,1-2H3,(H,16,19). The lowest BCUT2D eigenvalue weighted by Crippen LogP contribution is -2.46. The number of likely N-dealkylation sites (N-methyl/N-ethyl adjacent to an activating group) is 1. The molecule has 106 valence electrons. The van der Waals surface area contributed by atoms with Crippen LogP contribution in [-0.2, 0) is 6.54 Å². The Morgan fingerprint density at radius 3 is 3.05 bits per heavy atom. The van der Waals surface area contributed by atoms with Crippen molar-refractivity contribution in [2.75, 3.05) is 20.1 Å². The number of aryl methyl sites for hydroxylation is 1. The van der Waals surface area contributed by atoms with Gasteiger partial charge >= 0.3 is 0 Å². The minimum atomic E-state index is 0.0412. The Morgan fingerprint density at radius 2 is 2.37 bits per heavy atom. The first-order valence-corrected chi connectivity index (χ1v) is 7.74. The Hall–Kier alpha value is -0.810. The summed E-state index contributed by atoms with van der Waals surface area (Å²) in [5.41, 5.74) is 0.752. The Balaban J connectivity index is 2.02. The molecule has 1 aromatic rings. The molecule has 1 unspecified atom stereocenters. The summed E-state index contributed by atoms with van der Waals surface area (Å²) in [4.78, 5) is 14.6. The molecule has 1 amide bonds. The smallest absolute Gasteiger partial charge is 0.268 e. The van der Waals surface area contributed by atoms with Gasteiger partial charge in [-0.05, 0) is 54.9 Å². The highest BCUT2D eigenvalue weighted by atomic mass is 79.9. The van der Waals surface area contributed by atoms with Gasteiger partial charge in [-0.15, -0.1) is 0 Å². The van der Waals surface area contributed by atoms with Crippen LogP contribution in [0.1, 0.15) is 36.7 Å². The first kappa shape index (κ1) is 14.6. The molecule has 2 heterocycles. The van der Waals surface area contributed by atoms with Gasteiger partial charge in [0.1, 0.15) is 5.69 Å². The molecular formula is C14H22BrN3O. The van der Waals surface area contributed by atoms with Crippen LogP contribution in [-0.4, -0.2) is 41.6 Å². The van der Waals surface area contributed by atoms with Crippen LogP contribution in [0.3, 0.4) is 0 Å². The number of carbonyl (C=O) groups excluding carboxylic acids is 1. The molecular weight excluding hydrogens is 306 g/mol. The van der Waals surface area contributed by atoms with E-state index in [1.165, 1.54) is 0 Å². The lowest BCUT2D eigenvalue weighted by Gasteiger charge is -2.30. The van der Waals surface area contributed by atoms with Crippen molar-refractivity contribution >= 4 is 21.8 Å². The molecule has 1 N–H and O–H groups in total. The van der Waals surface area contributed by atoms with Gasteiger partial charge in [0.05, 0.1) is 0 Å². The number of hydrogen-bond acceptors (Lipinski definition) is 2. The van der Waals surface area contributed by atoms with Gasteiger partial charge in [-0.3, -0.25) is 4.79 Å². The number of aromatic nitrogens is 1. The Labute approximate surface area is 123 Å². The molecule has 2 rings (SSSR count). The van der Waals surface area contributed by atoms with Crippen LogP contribution in [0, 0.1) is 0 Å². The summed E-state index contributed by atoms with van der Waals surface area (Å²) in [6, 6.07) is 2.17. The van der Waals surface area contributed by atoms with Gasteiger partial charge in [0.2, 0.25) is 0 Å². The van der Waals surface area contributed by atoms with E-state index in [4.69, 9.17) is 0 Å². The van der Waals surface area contributed by atoms with Gasteiger partial charge in [0.25, 0.3) is 5.91 Å². The molecule has 0 bridgehead atoms. The fourth-order valence-corrected chi connectivity index (χ4v) is 3.10. The zero-order valence-corrected chi connectivity index (χ0v) is 13.2. The Kier molecular flexibility index (Phi) is 5.05. The van der Waals surface area contributed by atoms with Crippen molar-refractivity contribution in [1.29, 1.82) is 0 Å². The summed E-state index contributed by atoms with van der Waals surface area (Å²) in [7, 11) is 2.11. The number of piperidine rings is 1. The summed E-state index contributed by atoms with van der Waals surface area (Å²) in [6.45, 7) is 5.07. The quantitative estimate of drug-likeness (QED) is 0.922. The van der Waals surface area contributed by atoms with Crippen molar-refractivity contribution < 1.29 is 4.79 Å². The third kappa shape index (κ3) is 3.83. The van der Waals surface area contributed by atoms with Crippen LogP contribution in [0.5, 0.6) is 0 Å². The third-order valence-corrected chi connectivity index (χ3v) is 3.95. The van der Waals surface area contributed by atoms with Crippen molar-refractivity contribution in [2.45, 2.75) is 38.8 Å². The number of amides is 1. The molecule has 1 saturated heterocycles. The second-order valence-electron chi connectivity index (χ2n) is 5.31. The molecule has 1 atom stereocenters. The van der Waals surface area contributed by atoms with Gasteiger partial charge < -0.3 is 14.8 Å². The first-order chi connectivity index (χ1) is 9.10. The Morgan fingerprint density at radius 1 is 1.58 bits per heavy atom. The fourth-order valence-electron chi connectivity index (χ4n) is 2.63. The highest BCUT2D eigenvalue weighted by molar-refractivity contribution is 9.10. The lowest BCUT2D eigenvalue weighted by molar-refractivity contribution is 0.0903. The summed E-state index contributed by atoms with van der Waals surface area (Å²) >= 11 is 3.45. The maximum absolute atomic E-state index is 12.4. The maximum Gasteiger partial charge on any atom is 0.268 e. The van der Waals surface area contributed by atoms with Gasteiger partial charge in [-0.2, -0.15) is 0 Å². The van der Waals surface area contributed by atoms with Crippen molar-refractivity contribution in [2.24, 2.45) is 0 Å². The van der Waals surface area contributed by atoms with Crippen molar-refractivity contribution in [3.63, 3.8) is 0 Å². The van der Waals surface area contributed by atoms with E-state index < -0.39 is 0 Å². The van der Waals surface area contributed by atoms with E-state index >= 15 is 0 Å². The molecule has 0 aliphatic carbocycles. The minimum absolute atomic E-state index is 0.0412. The summed E-state index contributed by atoms with van der Waals surface area (Å²) in [5, 5.41) is 3.16. The molecule has 1 fully saturated rings. The number of nitrogens with zero attached hydrogens (tertiary/aromatic N) is 2. The molecule has 1 aliphatic rings. The number of likely N-dealkylation sites (tertiary alicyclic amines) is 1. The highest BCUT2D eigenvalue weighted by Crippen LogP contribution is 2.16. The van der Waals surface area contributed by atoms with E-state index in [2.05, 4.69) is 40.1 Å². The zero-order chi connectivity index (χ0) is 13.8. The molecule has 0 saturated carbocycles. The number of rotatable bonds is 4. The summed E-state index contributed by atoms with van der Waals surface area (Å²) < 4.78 is 2.98. The summed E-state index contributed by atoms with van der Waals surface area (Å²) in [5.74, 6) is 0.0412. The number of hydrogen-bond donors (Lipinski definition) is 1. The average molecular weight is 328 g/mol. The predicted molar refractivity (Wildman–Crippen MR) is 80.4 cm³/mol. The predicted octanol–water partition coefficient (Wildman–Crippen LogP) is 2.48. The van der Waals surface area contributed by atoms with Crippen LogP contribution in [0.2, 0.25) is 0 Å². The molecule has 1 aliphatic heterocycles. The van der Waals surface area contributed by atoms with Gasteiger partial charge in [-0.1, -0.05) is 6.92 Å². The summed E-state index contributed by atoms with van der Waals surface area (Å²) in [6.07, 6.45) is 5.23. The van der Waals surface area contributed by atoms with Crippen molar-refractivity contribution in [3.8, 4) is 0 Å². The van der Waals surface area contributed by atoms with Crippen molar-refractivity contribution in [1.82, 2.24) is 14.8 Å². The van der Waals surface area contributed by atoms with Gasteiger partial charge in [0.15, 0.2) is 0 Å². The van der Waals surface area contributed by atoms with E-state index in [1.807, 2.05) is 16.8 Å². The number of nitrogens with one attached hydrogen (secondary N) is 1. The van der Waals surface area contributed by atoms with Gasteiger partial charge in [-0.25, -0.2) is 0 Å². The average Bonchev–Trinajstić information content (AvgIpc) is 2.71. The van der Waals surface area contributed by atoms with E-state index in [1.54, 1.807) is 0 Å². The SMILES string of the molecule is CCCn1cc(Br)cc1C(=O)NC1CCCN(C)C1. The molecule has 0 aromatic carbocycles. The topological polar surface area (TPSA) is 37.3 Å². The lowest BCUT2D eigenvalue weighted by atomic mass is 10.1. The van der Waals surface area contributed by atoms with Crippen LogP contribution in [0.15, 0.2) is 16.7 Å². The first-order valence-electron chi connectivity index (χ1n) is 6.95. The van der Waals surface area contributed by atoms with E-state index in [0.717, 1.165) is 49.1 Å². The Bertz CT molecular complexity index is 444. The van der Waals surface area contributed by atoms with E-state index in [9.17, 15) is 4.79 Å². The second kappa shape index (κ2) is 6.57. The van der Waals surface area contributed by atoms with E-state index in [0.29, 0.717) is 0 Å². The minimum Gasteiger partial charge on any atom is -0.347 e. The monoisotopic (exact) mass is 327 g/mol. The highest BCUT2D eigenvalue weighted by Gasteiger charge is 2.21. The molecule has 5 heteroatoms. The molecule has 1 aromatic heterocycles.